The van der Waals surface area contributed by atoms with Gasteiger partial charge in [0.1, 0.15) is 0 Å². The van der Waals surface area contributed by atoms with E-state index in [-0.39, 0.29) is 21.5 Å². The Morgan fingerprint density at radius 3 is 2.38 bits per heavy atom. The Hall–Kier alpha value is -4.69. The van der Waals surface area contributed by atoms with Crippen LogP contribution < -0.4 is 11.2 Å². The van der Waals surface area contributed by atoms with Gasteiger partial charge >= 0.3 is 11.9 Å². The predicted octanol–water partition coefficient (Wildman–Crippen LogP) is 7.23. The molecule has 2 heterocycles. The van der Waals surface area contributed by atoms with E-state index >= 15 is 0 Å². The summed E-state index contributed by atoms with van der Waals surface area (Å²) in [5.74, 6) is 0. The number of pyridine rings is 1. The number of halogens is 4. The lowest BCUT2D eigenvalue weighted by Crippen LogP contribution is -2.33. The highest BCUT2D eigenvalue weighted by Crippen LogP contribution is 2.39. The summed E-state index contributed by atoms with van der Waals surface area (Å²) in [6.07, 6.45) is -2.47. The molecule has 0 aliphatic rings. The summed E-state index contributed by atoms with van der Waals surface area (Å²) in [6, 6.07) is 23.5. The van der Waals surface area contributed by atoms with Gasteiger partial charge < -0.3 is 4.98 Å². The lowest BCUT2D eigenvalue weighted by molar-refractivity contribution is -0.137. The van der Waals surface area contributed by atoms with E-state index in [4.69, 9.17) is 11.6 Å². The first kappa shape index (κ1) is 24.6. The molecule has 4 aromatic carbocycles. The third kappa shape index (κ3) is 4.28. The summed E-state index contributed by atoms with van der Waals surface area (Å²) >= 11 is 6.54. The monoisotopic (exact) mass is 543 g/mol. The molecule has 0 amide bonds. The molecule has 0 fully saturated rings. The summed E-state index contributed by atoms with van der Waals surface area (Å²) in [5.41, 5.74) is 0.319. The van der Waals surface area contributed by atoms with Crippen molar-refractivity contribution in [3.8, 4) is 27.9 Å². The van der Waals surface area contributed by atoms with E-state index in [1.54, 1.807) is 48.5 Å². The lowest BCUT2D eigenvalue weighted by atomic mass is 9.94. The molecule has 0 aliphatic carbocycles. The van der Waals surface area contributed by atoms with Gasteiger partial charge in [0.05, 0.1) is 22.2 Å². The van der Waals surface area contributed by atoms with Gasteiger partial charge in [-0.05, 0) is 46.8 Å². The summed E-state index contributed by atoms with van der Waals surface area (Å²) < 4.78 is 41.1. The molecule has 6 aromatic rings. The van der Waals surface area contributed by atoms with E-state index < -0.39 is 23.0 Å². The molecule has 5 nitrogen and oxygen atoms in total. The number of benzene rings is 4. The average Bonchev–Trinajstić information content (AvgIpc) is 2.92. The minimum atomic E-state index is -4.56. The molecule has 2 aromatic heterocycles. The number of hydrogen-bond donors (Lipinski definition) is 1. The van der Waals surface area contributed by atoms with Crippen LogP contribution in [0.15, 0.2) is 107 Å². The number of rotatable bonds is 3. The SMILES string of the molecule is O=c1[nH]c2cc(-c3c(Cl)cccc3-c3cncc(C(F)(F)F)c3)ccc2c(=O)n1-c1cccc2ccccc12. The zero-order valence-corrected chi connectivity index (χ0v) is 20.7. The first-order valence-corrected chi connectivity index (χ1v) is 12.2. The molecular weight excluding hydrogens is 527 g/mol. The van der Waals surface area contributed by atoms with Gasteiger partial charge in [-0.2, -0.15) is 13.2 Å². The van der Waals surface area contributed by atoms with Crippen LogP contribution in [0.25, 0.3) is 49.6 Å². The van der Waals surface area contributed by atoms with Crippen LogP contribution >= 0.6 is 11.6 Å². The van der Waals surface area contributed by atoms with Crippen LogP contribution in [-0.4, -0.2) is 14.5 Å². The van der Waals surface area contributed by atoms with Crippen molar-refractivity contribution >= 4 is 33.3 Å². The van der Waals surface area contributed by atoms with Crippen LogP contribution in [0.3, 0.4) is 0 Å². The Bertz CT molecular complexity index is 2020. The molecule has 0 radical (unpaired) electrons. The third-order valence-electron chi connectivity index (χ3n) is 6.58. The fourth-order valence-electron chi connectivity index (χ4n) is 4.80. The number of alkyl halides is 3. The Kier molecular flexibility index (Phi) is 5.84. The zero-order chi connectivity index (χ0) is 27.3. The third-order valence-corrected chi connectivity index (χ3v) is 6.90. The van der Waals surface area contributed by atoms with E-state index in [0.717, 1.165) is 27.6 Å². The first-order valence-electron chi connectivity index (χ1n) is 11.8. The number of aromatic amines is 1. The van der Waals surface area contributed by atoms with Crippen molar-refractivity contribution in [2.24, 2.45) is 0 Å². The Balaban J connectivity index is 1.54. The van der Waals surface area contributed by atoms with Gasteiger partial charge in [-0.25, -0.2) is 9.36 Å². The molecule has 1 N–H and O–H groups in total. The predicted molar refractivity (Wildman–Crippen MR) is 146 cm³/mol. The van der Waals surface area contributed by atoms with Gasteiger partial charge in [0, 0.05) is 33.9 Å². The van der Waals surface area contributed by atoms with E-state index in [0.29, 0.717) is 22.4 Å². The van der Waals surface area contributed by atoms with Gasteiger partial charge in [-0.15, -0.1) is 0 Å². The lowest BCUT2D eigenvalue weighted by Gasteiger charge is -2.15. The number of nitrogens with zero attached hydrogens (tertiary/aromatic N) is 2. The van der Waals surface area contributed by atoms with Crippen molar-refractivity contribution in [1.82, 2.24) is 14.5 Å². The average molecular weight is 544 g/mol. The summed E-state index contributed by atoms with van der Waals surface area (Å²) in [6.45, 7) is 0. The second-order valence-corrected chi connectivity index (χ2v) is 9.36. The van der Waals surface area contributed by atoms with Gasteiger partial charge in [0.2, 0.25) is 0 Å². The minimum absolute atomic E-state index is 0.224. The number of nitrogens with one attached hydrogen (secondary N) is 1. The summed E-state index contributed by atoms with van der Waals surface area (Å²) in [7, 11) is 0. The molecule has 39 heavy (non-hydrogen) atoms. The van der Waals surface area contributed by atoms with Gasteiger partial charge in [-0.1, -0.05) is 66.2 Å². The Morgan fingerprint density at radius 2 is 1.56 bits per heavy atom. The van der Waals surface area contributed by atoms with Crippen LogP contribution in [0.1, 0.15) is 5.56 Å². The maximum absolute atomic E-state index is 13.5. The largest absolute Gasteiger partial charge is 0.417 e. The Morgan fingerprint density at radius 1 is 0.795 bits per heavy atom. The normalized spacial score (nSPS) is 11.8. The zero-order valence-electron chi connectivity index (χ0n) is 20.0. The van der Waals surface area contributed by atoms with Crippen molar-refractivity contribution in [2.75, 3.05) is 0 Å². The van der Waals surface area contributed by atoms with Crippen LogP contribution in [0, 0.1) is 0 Å². The van der Waals surface area contributed by atoms with E-state index in [2.05, 4.69) is 9.97 Å². The van der Waals surface area contributed by atoms with Crippen LogP contribution in [0.5, 0.6) is 0 Å². The Labute approximate surface area is 223 Å². The molecule has 0 spiro atoms. The second-order valence-electron chi connectivity index (χ2n) is 8.95. The first-order chi connectivity index (χ1) is 18.7. The molecule has 0 unspecified atom stereocenters. The maximum Gasteiger partial charge on any atom is 0.417 e. The smallest absolute Gasteiger partial charge is 0.306 e. The molecule has 6 rings (SSSR count). The highest BCUT2D eigenvalue weighted by atomic mass is 35.5. The molecule has 0 aliphatic heterocycles. The molecule has 192 valence electrons. The van der Waals surface area contributed by atoms with E-state index in [9.17, 15) is 22.8 Å². The summed E-state index contributed by atoms with van der Waals surface area (Å²) in [5, 5.41) is 2.18. The van der Waals surface area contributed by atoms with Gasteiger partial charge in [-0.3, -0.25) is 9.78 Å². The van der Waals surface area contributed by atoms with Crippen molar-refractivity contribution < 1.29 is 13.2 Å². The highest BCUT2D eigenvalue weighted by Gasteiger charge is 2.31. The molecular formula is C30H17ClF3N3O2. The van der Waals surface area contributed by atoms with Crippen LogP contribution in [-0.2, 0) is 6.18 Å². The fraction of sp³-hybridized carbons (Fsp3) is 0.0333. The number of aromatic nitrogens is 3. The molecule has 0 atom stereocenters. The minimum Gasteiger partial charge on any atom is -0.306 e. The molecule has 9 heteroatoms. The van der Waals surface area contributed by atoms with Gasteiger partial charge in [0.15, 0.2) is 0 Å². The molecule has 0 saturated carbocycles. The van der Waals surface area contributed by atoms with Crippen molar-refractivity contribution in [1.29, 1.82) is 0 Å². The molecule has 0 saturated heterocycles. The fourth-order valence-corrected chi connectivity index (χ4v) is 5.08. The topological polar surface area (TPSA) is 67.8 Å². The summed E-state index contributed by atoms with van der Waals surface area (Å²) in [4.78, 5) is 33.3. The van der Waals surface area contributed by atoms with E-state index in [1.165, 1.54) is 6.20 Å². The number of H-pyrrole nitrogens is 1. The van der Waals surface area contributed by atoms with Crippen molar-refractivity contribution in [3.63, 3.8) is 0 Å². The highest BCUT2D eigenvalue weighted by molar-refractivity contribution is 6.34. The molecule has 0 bridgehead atoms. The van der Waals surface area contributed by atoms with Crippen LogP contribution in [0.4, 0.5) is 13.2 Å². The maximum atomic E-state index is 13.5. The van der Waals surface area contributed by atoms with Crippen molar-refractivity contribution in [3.05, 3.63) is 129 Å². The second kappa shape index (κ2) is 9.25. The van der Waals surface area contributed by atoms with Crippen molar-refractivity contribution in [2.45, 2.75) is 6.18 Å². The van der Waals surface area contributed by atoms with Crippen LogP contribution in [0.2, 0.25) is 5.02 Å². The quantitative estimate of drug-likeness (QED) is 0.256. The van der Waals surface area contributed by atoms with Gasteiger partial charge in [0.25, 0.3) is 5.56 Å². The number of fused-ring (bicyclic) bond motifs is 2. The standard InChI is InChI=1S/C30H17ClF3N3O2/c31-24-9-4-8-22(19-13-20(16-35-15-19)30(32,33)34)27(24)18-11-12-23-25(14-18)36-29(39)37(28(23)38)26-10-3-6-17-5-1-2-7-21(17)26/h1-16H,(H,36,39). The van der Waals surface area contributed by atoms with E-state index in [1.807, 2.05) is 30.3 Å². The number of hydrogen-bond acceptors (Lipinski definition) is 3.